The monoisotopic (exact) mass is 317 g/mol. The van der Waals surface area contributed by atoms with Gasteiger partial charge in [0, 0.05) is 23.5 Å². The molecule has 3 rings (SSSR count). The number of thiophene rings is 2. The van der Waals surface area contributed by atoms with E-state index in [2.05, 4.69) is 11.4 Å². The molecule has 1 amide bonds. The van der Waals surface area contributed by atoms with Gasteiger partial charge in [0.2, 0.25) is 0 Å². The molecular formula is C16H15NO2S2. The lowest BCUT2D eigenvalue weighted by Crippen LogP contribution is -2.31. The van der Waals surface area contributed by atoms with Gasteiger partial charge in [-0.15, -0.1) is 22.7 Å². The second kappa shape index (κ2) is 6.74. The van der Waals surface area contributed by atoms with Crippen molar-refractivity contribution < 1.29 is 9.21 Å². The van der Waals surface area contributed by atoms with Gasteiger partial charge in [-0.3, -0.25) is 4.79 Å². The van der Waals surface area contributed by atoms with Gasteiger partial charge in [0.1, 0.15) is 0 Å². The molecule has 0 radical (unpaired) electrons. The average molecular weight is 317 g/mol. The van der Waals surface area contributed by atoms with Crippen LogP contribution in [0.1, 0.15) is 20.1 Å². The smallest absolute Gasteiger partial charge is 0.264 e. The molecule has 0 aromatic carbocycles. The second-order valence-electron chi connectivity index (χ2n) is 4.66. The van der Waals surface area contributed by atoms with Crippen LogP contribution in [-0.2, 0) is 13.0 Å². The predicted molar refractivity (Wildman–Crippen MR) is 85.8 cm³/mol. The maximum Gasteiger partial charge on any atom is 0.264 e. The molecule has 108 valence electrons. The quantitative estimate of drug-likeness (QED) is 0.679. The Morgan fingerprint density at radius 3 is 2.67 bits per heavy atom. The third-order valence-corrected chi connectivity index (χ3v) is 4.97. The maximum absolute atomic E-state index is 12.6. The van der Waals surface area contributed by atoms with Crippen LogP contribution in [0.5, 0.6) is 0 Å². The number of carbonyl (C=O) groups is 1. The molecule has 0 saturated carbocycles. The topological polar surface area (TPSA) is 33.5 Å². The van der Waals surface area contributed by atoms with E-state index in [0.29, 0.717) is 13.1 Å². The highest BCUT2D eigenvalue weighted by atomic mass is 32.1. The van der Waals surface area contributed by atoms with Crippen molar-refractivity contribution in [1.29, 1.82) is 0 Å². The number of amides is 1. The summed E-state index contributed by atoms with van der Waals surface area (Å²) in [5.74, 6) is 0.0859. The van der Waals surface area contributed by atoms with Crippen LogP contribution in [0.25, 0.3) is 0 Å². The van der Waals surface area contributed by atoms with E-state index in [1.165, 1.54) is 16.2 Å². The number of rotatable bonds is 6. The summed E-state index contributed by atoms with van der Waals surface area (Å²) in [4.78, 5) is 16.6. The van der Waals surface area contributed by atoms with Gasteiger partial charge >= 0.3 is 0 Å². The van der Waals surface area contributed by atoms with Crippen molar-refractivity contribution in [3.63, 3.8) is 0 Å². The molecule has 0 bridgehead atoms. The number of hydrogen-bond acceptors (Lipinski definition) is 4. The first kappa shape index (κ1) is 14.1. The summed E-state index contributed by atoms with van der Waals surface area (Å²) in [6.07, 6.45) is 4.22. The summed E-state index contributed by atoms with van der Waals surface area (Å²) in [5.41, 5.74) is 1.02. The van der Waals surface area contributed by atoms with Crippen molar-refractivity contribution in [2.75, 3.05) is 6.54 Å². The largest absolute Gasteiger partial charge is 0.472 e. The first-order valence-corrected chi connectivity index (χ1v) is 8.45. The van der Waals surface area contributed by atoms with E-state index in [0.717, 1.165) is 16.9 Å². The van der Waals surface area contributed by atoms with E-state index < -0.39 is 0 Å². The third-order valence-electron chi connectivity index (χ3n) is 3.18. The van der Waals surface area contributed by atoms with Crippen molar-refractivity contribution in [3.8, 4) is 0 Å². The number of nitrogens with zero attached hydrogens (tertiary/aromatic N) is 1. The molecule has 0 atom stereocenters. The van der Waals surface area contributed by atoms with Gasteiger partial charge in [0.05, 0.1) is 17.4 Å². The van der Waals surface area contributed by atoms with Crippen LogP contribution in [0.3, 0.4) is 0 Å². The predicted octanol–water partition coefficient (Wildman–Crippen LogP) is 4.29. The van der Waals surface area contributed by atoms with Crippen LogP contribution < -0.4 is 0 Å². The van der Waals surface area contributed by atoms with E-state index in [9.17, 15) is 4.79 Å². The standard InChI is InChI=1S/C16H15NO2S2/c18-16(15-4-2-10-21-15)17(11-13-6-8-19-12-13)7-5-14-3-1-9-20-14/h1-4,6,8-10,12H,5,7,11H2. The minimum Gasteiger partial charge on any atom is -0.472 e. The summed E-state index contributed by atoms with van der Waals surface area (Å²) < 4.78 is 5.10. The van der Waals surface area contributed by atoms with E-state index in [4.69, 9.17) is 4.42 Å². The molecule has 3 nitrogen and oxygen atoms in total. The van der Waals surface area contributed by atoms with Gasteiger partial charge in [-0.25, -0.2) is 0 Å². The molecule has 3 aromatic heterocycles. The minimum absolute atomic E-state index is 0.0859. The normalized spacial score (nSPS) is 10.7. The highest BCUT2D eigenvalue weighted by Crippen LogP contribution is 2.17. The Morgan fingerprint density at radius 1 is 1.14 bits per heavy atom. The van der Waals surface area contributed by atoms with Gasteiger partial charge in [-0.1, -0.05) is 12.1 Å². The van der Waals surface area contributed by atoms with Crippen LogP contribution in [-0.4, -0.2) is 17.4 Å². The van der Waals surface area contributed by atoms with Crippen LogP contribution >= 0.6 is 22.7 Å². The molecule has 3 aromatic rings. The Balaban J connectivity index is 1.72. The van der Waals surface area contributed by atoms with Crippen LogP contribution in [0.4, 0.5) is 0 Å². The molecule has 21 heavy (non-hydrogen) atoms. The fourth-order valence-electron chi connectivity index (χ4n) is 2.11. The lowest BCUT2D eigenvalue weighted by Gasteiger charge is -2.21. The lowest BCUT2D eigenvalue weighted by atomic mass is 10.2. The fraction of sp³-hybridized carbons (Fsp3) is 0.188. The minimum atomic E-state index is 0.0859. The van der Waals surface area contributed by atoms with Crippen molar-refractivity contribution in [1.82, 2.24) is 4.90 Å². The van der Waals surface area contributed by atoms with Crippen LogP contribution in [0.15, 0.2) is 58.0 Å². The highest BCUT2D eigenvalue weighted by Gasteiger charge is 2.17. The summed E-state index contributed by atoms with van der Waals surface area (Å²) in [6, 6.07) is 9.84. The summed E-state index contributed by atoms with van der Waals surface area (Å²) in [7, 11) is 0. The number of hydrogen-bond donors (Lipinski definition) is 0. The third kappa shape index (κ3) is 3.62. The number of furan rings is 1. The molecule has 5 heteroatoms. The molecule has 0 aliphatic heterocycles. The van der Waals surface area contributed by atoms with Crippen molar-refractivity contribution in [3.05, 3.63) is 68.9 Å². The summed E-state index contributed by atoms with van der Waals surface area (Å²) in [5, 5.41) is 4.00. The Bertz CT molecular complexity index is 657. The average Bonchev–Trinajstić information content (AvgIpc) is 3.26. The molecule has 3 heterocycles. The van der Waals surface area contributed by atoms with Crippen molar-refractivity contribution >= 4 is 28.6 Å². The van der Waals surface area contributed by atoms with Gasteiger partial charge in [0.15, 0.2) is 0 Å². The molecule has 0 spiro atoms. The van der Waals surface area contributed by atoms with Crippen molar-refractivity contribution in [2.24, 2.45) is 0 Å². The molecule has 0 saturated heterocycles. The van der Waals surface area contributed by atoms with Gasteiger partial charge in [0.25, 0.3) is 5.91 Å². The van der Waals surface area contributed by atoms with Crippen LogP contribution in [0.2, 0.25) is 0 Å². The number of carbonyl (C=O) groups excluding carboxylic acids is 1. The lowest BCUT2D eigenvalue weighted by molar-refractivity contribution is 0.0750. The molecular weight excluding hydrogens is 302 g/mol. The second-order valence-corrected chi connectivity index (χ2v) is 6.64. The van der Waals surface area contributed by atoms with E-state index in [1.807, 2.05) is 34.5 Å². The first-order valence-electron chi connectivity index (χ1n) is 6.69. The Labute approximate surface area is 131 Å². The maximum atomic E-state index is 12.6. The molecule has 0 fully saturated rings. The van der Waals surface area contributed by atoms with Crippen molar-refractivity contribution in [2.45, 2.75) is 13.0 Å². The zero-order chi connectivity index (χ0) is 14.5. The molecule has 0 unspecified atom stereocenters. The molecule has 0 N–H and O–H groups in total. The fourth-order valence-corrected chi connectivity index (χ4v) is 3.50. The summed E-state index contributed by atoms with van der Waals surface area (Å²) in [6.45, 7) is 1.29. The Kier molecular flexibility index (Phi) is 4.52. The SMILES string of the molecule is O=C(c1cccs1)N(CCc1cccs1)Cc1ccoc1. The zero-order valence-corrected chi connectivity index (χ0v) is 13.0. The van der Waals surface area contributed by atoms with E-state index in [-0.39, 0.29) is 5.91 Å². The first-order chi connectivity index (χ1) is 10.3. The van der Waals surface area contributed by atoms with Gasteiger partial charge in [-0.05, 0) is 35.4 Å². The van der Waals surface area contributed by atoms with Gasteiger partial charge < -0.3 is 9.32 Å². The van der Waals surface area contributed by atoms with Crippen LogP contribution in [0, 0.1) is 0 Å². The summed E-state index contributed by atoms with van der Waals surface area (Å²) >= 11 is 3.21. The Morgan fingerprint density at radius 2 is 2.00 bits per heavy atom. The van der Waals surface area contributed by atoms with Gasteiger partial charge in [-0.2, -0.15) is 0 Å². The molecule has 0 aliphatic carbocycles. The molecule has 0 aliphatic rings. The Hall–Kier alpha value is -1.85. The highest BCUT2D eigenvalue weighted by molar-refractivity contribution is 7.12. The van der Waals surface area contributed by atoms with E-state index in [1.54, 1.807) is 23.9 Å². The van der Waals surface area contributed by atoms with E-state index >= 15 is 0 Å². The zero-order valence-electron chi connectivity index (χ0n) is 11.4.